The number of halogens is 2. The maximum absolute atomic E-state index is 12.8. The van der Waals surface area contributed by atoms with Gasteiger partial charge in [0.25, 0.3) is 6.43 Å². The van der Waals surface area contributed by atoms with E-state index in [1.165, 1.54) is 11.3 Å². The standard InChI is InChI=1S/C11H15F2N3S/c1-2-3-14-9(10(12)13)6-8-7-16-4-5-17-11(16)15-8/h4-5,7,9-10,14H,2-3,6H2,1H3. The normalized spacial score (nSPS) is 13.6. The zero-order valence-electron chi connectivity index (χ0n) is 9.57. The van der Waals surface area contributed by atoms with E-state index in [1.807, 2.05) is 29.1 Å². The first kappa shape index (κ1) is 12.4. The largest absolute Gasteiger partial charge is 0.309 e. The van der Waals surface area contributed by atoms with Crippen LogP contribution in [0.3, 0.4) is 0 Å². The molecule has 2 aromatic rings. The molecule has 0 aliphatic heterocycles. The molecule has 3 nitrogen and oxygen atoms in total. The smallest absolute Gasteiger partial charge is 0.254 e. The Morgan fingerprint density at radius 2 is 2.35 bits per heavy atom. The third-order valence-electron chi connectivity index (χ3n) is 2.53. The Hall–Kier alpha value is -1.01. The molecule has 0 radical (unpaired) electrons. The summed E-state index contributed by atoms with van der Waals surface area (Å²) in [6.07, 6.45) is 2.46. The van der Waals surface area contributed by atoms with Crippen molar-refractivity contribution in [3.8, 4) is 0 Å². The molecule has 0 amide bonds. The Balaban J connectivity index is 2.04. The van der Waals surface area contributed by atoms with Crippen LogP contribution in [0.5, 0.6) is 0 Å². The summed E-state index contributed by atoms with van der Waals surface area (Å²) in [4.78, 5) is 5.16. The van der Waals surface area contributed by atoms with Crippen LogP contribution >= 0.6 is 11.3 Å². The number of aromatic nitrogens is 2. The molecule has 94 valence electrons. The lowest BCUT2D eigenvalue weighted by molar-refractivity contribution is 0.0979. The molecule has 17 heavy (non-hydrogen) atoms. The zero-order chi connectivity index (χ0) is 12.3. The van der Waals surface area contributed by atoms with E-state index >= 15 is 0 Å². The first-order valence-electron chi connectivity index (χ1n) is 5.63. The Morgan fingerprint density at radius 1 is 1.53 bits per heavy atom. The molecule has 6 heteroatoms. The molecule has 2 rings (SSSR count). The second-order valence-corrected chi connectivity index (χ2v) is 4.80. The highest BCUT2D eigenvalue weighted by molar-refractivity contribution is 7.15. The fraction of sp³-hybridized carbons (Fsp3) is 0.545. The van der Waals surface area contributed by atoms with Gasteiger partial charge in [-0.2, -0.15) is 0 Å². The van der Waals surface area contributed by atoms with Gasteiger partial charge >= 0.3 is 0 Å². The fourth-order valence-corrected chi connectivity index (χ4v) is 2.40. The zero-order valence-corrected chi connectivity index (χ0v) is 10.4. The summed E-state index contributed by atoms with van der Waals surface area (Å²) in [5, 5.41) is 4.78. The summed E-state index contributed by atoms with van der Waals surface area (Å²) < 4.78 is 27.5. The predicted molar refractivity (Wildman–Crippen MR) is 64.9 cm³/mol. The Labute approximate surface area is 102 Å². The number of thiazole rings is 1. The molecule has 0 fully saturated rings. The van der Waals surface area contributed by atoms with E-state index in [0.29, 0.717) is 12.2 Å². The molecule has 2 aromatic heterocycles. The third kappa shape index (κ3) is 3.01. The van der Waals surface area contributed by atoms with Crippen molar-refractivity contribution in [3.63, 3.8) is 0 Å². The number of imidazole rings is 1. The molecule has 1 unspecified atom stereocenters. The van der Waals surface area contributed by atoms with Crippen LogP contribution < -0.4 is 5.32 Å². The maximum Gasteiger partial charge on any atom is 0.254 e. The summed E-state index contributed by atoms with van der Waals surface area (Å²) in [5.74, 6) is 0. The minimum absolute atomic E-state index is 0.270. The second kappa shape index (κ2) is 5.55. The topological polar surface area (TPSA) is 29.3 Å². The van der Waals surface area contributed by atoms with E-state index in [9.17, 15) is 8.78 Å². The second-order valence-electron chi connectivity index (χ2n) is 3.92. The average Bonchev–Trinajstić information content (AvgIpc) is 2.83. The average molecular weight is 259 g/mol. The number of hydrogen-bond donors (Lipinski definition) is 1. The summed E-state index contributed by atoms with van der Waals surface area (Å²) in [6.45, 7) is 2.57. The number of rotatable bonds is 6. The van der Waals surface area contributed by atoms with Crippen LogP contribution in [0.2, 0.25) is 0 Å². The van der Waals surface area contributed by atoms with Gasteiger partial charge in [0, 0.05) is 24.2 Å². The van der Waals surface area contributed by atoms with Crippen LogP contribution in [0.1, 0.15) is 19.0 Å². The van der Waals surface area contributed by atoms with Gasteiger partial charge in [0.1, 0.15) is 0 Å². The molecule has 2 heterocycles. The van der Waals surface area contributed by atoms with Gasteiger partial charge in [-0.15, -0.1) is 11.3 Å². The Kier molecular flexibility index (Phi) is 4.06. The van der Waals surface area contributed by atoms with Gasteiger partial charge in [0.15, 0.2) is 4.96 Å². The summed E-state index contributed by atoms with van der Waals surface area (Å²) in [6, 6.07) is -0.806. The third-order valence-corrected chi connectivity index (χ3v) is 3.30. The van der Waals surface area contributed by atoms with Gasteiger partial charge in [-0.05, 0) is 13.0 Å². The first-order chi connectivity index (χ1) is 8.20. The van der Waals surface area contributed by atoms with E-state index in [4.69, 9.17) is 0 Å². The number of fused-ring (bicyclic) bond motifs is 1. The van der Waals surface area contributed by atoms with Gasteiger partial charge in [0.2, 0.25) is 0 Å². The number of nitrogens with one attached hydrogen (secondary N) is 1. The van der Waals surface area contributed by atoms with Gasteiger partial charge in [-0.1, -0.05) is 6.92 Å². The lowest BCUT2D eigenvalue weighted by Crippen LogP contribution is -2.38. The van der Waals surface area contributed by atoms with Crippen LogP contribution in [-0.2, 0) is 6.42 Å². The first-order valence-corrected chi connectivity index (χ1v) is 6.51. The summed E-state index contributed by atoms with van der Waals surface area (Å²) in [7, 11) is 0. The van der Waals surface area contributed by atoms with Gasteiger partial charge < -0.3 is 5.32 Å². The molecular weight excluding hydrogens is 244 g/mol. The lowest BCUT2D eigenvalue weighted by atomic mass is 10.1. The molecule has 0 aliphatic rings. The molecule has 0 spiro atoms. The van der Waals surface area contributed by atoms with Crippen LogP contribution in [0.25, 0.3) is 4.96 Å². The molecule has 0 aromatic carbocycles. The highest BCUT2D eigenvalue weighted by Gasteiger charge is 2.21. The van der Waals surface area contributed by atoms with E-state index in [-0.39, 0.29) is 6.42 Å². The van der Waals surface area contributed by atoms with Crippen molar-refractivity contribution < 1.29 is 8.78 Å². The van der Waals surface area contributed by atoms with Crippen molar-refractivity contribution in [2.45, 2.75) is 32.2 Å². The highest BCUT2D eigenvalue weighted by atomic mass is 32.1. The van der Waals surface area contributed by atoms with Crippen LogP contribution in [0.4, 0.5) is 8.78 Å². The van der Waals surface area contributed by atoms with Crippen LogP contribution in [-0.4, -0.2) is 28.4 Å². The molecule has 0 aliphatic carbocycles. The van der Waals surface area contributed by atoms with Crippen molar-refractivity contribution in [1.82, 2.24) is 14.7 Å². The van der Waals surface area contributed by atoms with Gasteiger partial charge in [-0.3, -0.25) is 4.40 Å². The van der Waals surface area contributed by atoms with Crippen molar-refractivity contribution >= 4 is 16.3 Å². The number of hydrogen-bond acceptors (Lipinski definition) is 3. The van der Waals surface area contributed by atoms with E-state index < -0.39 is 12.5 Å². The van der Waals surface area contributed by atoms with Gasteiger partial charge in [-0.25, -0.2) is 13.8 Å². The monoisotopic (exact) mass is 259 g/mol. The molecule has 0 saturated carbocycles. The van der Waals surface area contributed by atoms with E-state index in [2.05, 4.69) is 10.3 Å². The van der Waals surface area contributed by atoms with Crippen molar-refractivity contribution in [1.29, 1.82) is 0 Å². The maximum atomic E-state index is 12.8. The molecule has 0 saturated heterocycles. The summed E-state index contributed by atoms with van der Waals surface area (Å²) in [5.41, 5.74) is 0.714. The molecule has 0 bridgehead atoms. The summed E-state index contributed by atoms with van der Waals surface area (Å²) >= 11 is 1.51. The SMILES string of the molecule is CCCNC(Cc1cn2ccsc2n1)C(F)F. The Bertz CT molecular complexity index is 437. The fourth-order valence-electron chi connectivity index (χ4n) is 1.68. The predicted octanol–water partition coefficient (Wildman–Crippen LogP) is 2.57. The van der Waals surface area contributed by atoms with Gasteiger partial charge in [0.05, 0.1) is 11.7 Å². The molecule has 1 atom stereocenters. The van der Waals surface area contributed by atoms with Crippen molar-refractivity contribution in [3.05, 3.63) is 23.5 Å². The number of nitrogens with zero attached hydrogens (tertiary/aromatic N) is 2. The van der Waals surface area contributed by atoms with Crippen LogP contribution in [0, 0.1) is 0 Å². The molecule has 1 N–H and O–H groups in total. The van der Waals surface area contributed by atoms with Crippen LogP contribution in [0.15, 0.2) is 17.8 Å². The van der Waals surface area contributed by atoms with Crippen molar-refractivity contribution in [2.24, 2.45) is 0 Å². The highest BCUT2D eigenvalue weighted by Crippen LogP contribution is 2.14. The van der Waals surface area contributed by atoms with E-state index in [0.717, 1.165) is 11.4 Å². The minimum atomic E-state index is -2.36. The lowest BCUT2D eigenvalue weighted by Gasteiger charge is -2.15. The minimum Gasteiger partial charge on any atom is -0.309 e. The van der Waals surface area contributed by atoms with E-state index in [1.54, 1.807) is 0 Å². The number of alkyl halides is 2. The Morgan fingerprint density at radius 3 is 3.00 bits per heavy atom. The van der Waals surface area contributed by atoms with Crippen molar-refractivity contribution in [2.75, 3.05) is 6.54 Å². The molecular formula is C11H15F2N3S. The quantitative estimate of drug-likeness (QED) is 0.864.